The normalized spacial score (nSPS) is 16.9. The lowest BCUT2D eigenvalue weighted by molar-refractivity contribution is 0.564. The van der Waals surface area contributed by atoms with E-state index < -0.39 is 0 Å². The van der Waals surface area contributed by atoms with E-state index in [9.17, 15) is 4.79 Å². The van der Waals surface area contributed by atoms with Gasteiger partial charge in [0.05, 0.1) is 6.54 Å². The average Bonchev–Trinajstić information content (AvgIpc) is 2.41. The van der Waals surface area contributed by atoms with Gasteiger partial charge < -0.3 is 5.32 Å². The molecule has 0 spiro atoms. The van der Waals surface area contributed by atoms with Gasteiger partial charge >= 0.3 is 0 Å². The highest BCUT2D eigenvalue weighted by Crippen LogP contribution is 2.29. The first kappa shape index (κ1) is 11.1. The maximum Gasteiger partial charge on any atom is 0.235 e. The molecule has 0 aromatic carbocycles. The van der Waals surface area contributed by atoms with Gasteiger partial charge in [0.25, 0.3) is 0 Å². The molecular formula is C10H13N2OP. The summed E-state index contributed by atoms with van der Waals surface area (Å²) < 4.78 is 0. The van der Waals surface area contributed by atoms with Crippen molar-refractivity contribution in [3.8, 4) is 0 Å². The quantitative estimate of drug-likeness (QED) is 0.432. The van der Waals surface area contributed by atoms with Gasteiger partial charge in [0.1, 0.15) is 0 Å². The van der Waals surface area contributed by atoms with Crippen LogP contribution in [0.1, 0.15) is 0 Å². The SMILES string of the molecule is CNCC1=CPC(CN=C=O)=CC=C1. The van der Waals surface area contributed by atoms with Crippen LogP contribution in [-0.2, 0) is 4.79 Å². The number of hydrogen-bond donors (Lipinski definition) is 1. The van der Waals surface area contributed by atoms with Crippen molar-refractivity contribution in [3.63, 3.8) is 0 Å². The summed E-state index contributed by atoms with van der Waals surface area (Å²) >= 11 is 0. The van der Waals surface area contributed by atoms with Gasteiger partial charge in [-0.15, -0.1) is 0 Å². The lowest BCUT2D eigenvalue weighted by Crippen LogP contribution is -2.08. The van der Waals surface area contributed by atoms with E-state index in [1.807, 2.05) is 19.2 Å². The summed E-state index contributed by atoms with van der Waals surface area (Å²) in [6, 6.07) is 0. The van der Waals surface area contributed by atoms with Crippen molar-refractivity contribution in [2.75, 3.05) is 20.1 Å². The zero-order chi connectivity index (χ0) is 10.2. The maximum absolute atomic E-state index is 9.94. The fourth-order valence-corrected chi connectivity index (χ4v) is 2.03. The van der Waals surface area contributed by atoms with Crippen molar-refractivity contribution < 1.29 is 4.79 Å². The summed E-state index contributed by atoms with van der Waals surface area (Å²) in [5.74, 6) is 2.17. The number of allylic oxidation sites excluding steroid dienone is 2. The fraction of sp³-hybridized carbons (Fsp3) is 0.300. The minimum absolute atomic E-state index is 0.468. The molecule has 1 heterocycles. The van der Waals surface area contributed by atoms with Crippen LogP contribution in [0.2, 0.25) is 0 Å². The zero-order valence-corrected chi connectivity index (χ0v) is 9.08. The second-order valence-electron chi connectivity index (χ2n) is 2.85. The Morgan fingerprint density at radius 1 is 1.64 bits per heavy atom. The second-order valence-corrected chi connectivity index (χ2v) is 4.07. The molecule has 0 bridgehead atoms. The highest BCUT2D eigenvalue weighted by Gasteiger charge is 1.98. The lowest BCUT2D eigenvalue weighted by atomic mass is 10.2. The van der Waals surface area contributed by atoms with Crippen molar-refractivity contribution in [2.24, 2.45) is 4.99 Å². The molecule has 14 heavy (non-hydrogen) atoms. The Hall–Kier alpha value is -1.01. The predicted molar refractivity (Wildman–Crippen MR) is 60.5 cm³/mol. The number of nitrogens with zero attached hydrogens (tertiary/aromatic N) is 1. The lowest BCUT2D eigenvalue weighted by Gasteiger charge is -1.99. The Morgan fingerprint density at radius 3 is 3.21 bits per heavy atom. The highest BCUT2D eigenvalue weighted by molar-refractivity contribution is 7.46. The van der Waals surface area contributed by atoms with Gasteiger partial charge in [-0.2, -0.15) is 0 Å². The number of carbonyl (C=O) groups excluding carboxylic acids is 1. The molecule has 0 aromatic heterocycles. The van der Waals surface area contributed by atoms with E-state index in [4.69, 9.17) is 0 Å². The third-order valence-electron chi connectivity index (χ3n) is 1.75. The number of isocyanates is 1. The van der Waals surface area contributed by atoms with Crippen LogP contribution in [-0.4, -0.2) is 26.2 Å². The van der Waals surface area contributed by atoms with Crippen molar-refractivity contribution >= 4 is 14.7 Å². The van der Waals surface area contributed by atoms with Crippen LogP contribution < -0.4 is 5.32 Å². The number of aliphatic imine (C=N–C) groups is 1. The van der Waals surface area contributed by atoms with Gasteiger partial charge in [-0.3, -0.25) is 0 Å². The first-order valence-corrected chi connectivity index (χ1v) is 5.45. The van der Waals surface area contributed by atoms with E-state index in [0.29, 0.717) is 15.1 Å². The molecule has 0 radical (unpaired) electrons. The van der Waals surface area contributed by atoms with E-state index in [2.05, 4.69) is 22.2 Å². The average molecular weight is 208 g/mol. The molecule has 4 heteroatoms. The third kappa shape index (κ3) is 3.80. The minimum atomic E-state index is 0.468. The summed E-state index contributed by atoms with van der Waals surface area (Å²) in [5.41, 5.74) is 1.27. The molecule has 0 fully saturated rings. The Morgan fingerprint density at radius 2 is 2.50 bits per heavy atom. The molecule has 0 saturated carbocycles. The van der Waals surface area contributed by atoms with E-state index in [0.717, 1.165) is 11.9 Å². The predicted octanol–water partition coefficient (Wildman–Crippen LogP) is 1.56. The Labute approximate surface area is 85.5 Å². The molecule has 1 aliphatic rings. The first-order chi connectivity index (χ1) is 6.86. The third-order valence-corrected chi connectivity index (χ3v) is 2.96. The van der Waals surface area contributed by atoms with Crippen molar-refractivity contribution in [1.82, 2.24) is 5.32 Å². The molecule has 1 N–H and O–H groups in total. The van der Waals surface area contributed by atoms with Gasteiger partial charge in [0.2, 0.25) is 6.08 Å². The molecule has 3 nitrogen and oxygen atoms in total. The molecule has 1 aliphatic heterocycles. The first-order valence-electron chi connectivity index (χ1n) is 4.38. The Kier molecular flexibility index (Phi) is 5.09. The van der Waals surface area contributed by atoms with Gasteiger partial charge in [-0.25, -0.2) is 9.79 Å². The largest absolute Gasteiger partial charge is 0.316 e. The van der Waals surface area contributed by atoms with Crippen LogP contribution in [0, 0.1) is 0 Å². The van der Waals surface area contributed by atoms with Crippen LogP contribution in [0.4, 0.5) is 0 Å². The molecule has 0 amide bonds. The zero-order valence-electron chi connectivity index (χ0n) is 8.08. The van der Waals surface area contributed by atoms with E-state index in [-0.39, 0.29) is 0 Å². The topological polar surface area (TPSA) is 41.5 Å². The number of likely N-dealkylation sites (N-methyl/N-ethyl adjacent to an activating group) is 1. The van der Waals surface area contributed by atoms with E-state index >= 15 is 0 Å². The monoisotopic (exact) mass is 208 g/mol. The number of nitrogens with one attached hydrogen (secondary N) is 1. The summed E-state index contributed by atoms with van der Waals surface area (Å²) in [4.78, 5) is 13.5. The van der Waals surface area contributed by atoms with Crippen molar-refractivity contribution in [2.45, 2.75) is 0 Å². The highest BCUT2D eigenvalue weighted by atomic mass is 31.1. The van der Waals surface area contributed by atoms with Gasteiger partial charge in [0.15, 0.2) is 0 Å². The minimum Gasteiger partial charge on any atom is -0.316 e. The summed E-state index contributed by atoms with van der Waals surface area (Å²) in [5, 5.41) is 4.26. The van der Waals surface area contributed by atoms with Crippen LogP contribution in [0.5, 0.6) is 0 Å². The maximum atomic E-state index is 9.94. The smallest absolute Gasteiger partial charge is 0.235 e. The molecule has 1 unspecified atom stereocenters. The summed E-state index contributed by atoms with van der Waals surface area (Å²) in [7, 11) is 2.53. The van der Waals surface area contributed by atoms with Crippen molar-refractivity contribution in [1.29, 1.82) is 0 Å². The van der Waals surface area contributed by atoms with Crippen LogP contribution >= 0.6 is 8.58 Å². The fourth-order valence-electron chi connectivity index (χ4n) is 1.10. The molecule has 1 atom stereocenters. The molecule has 0 aliphatic carbocycles. The van der Waals surface area contributed by atoms with Crippen LogP contribution in [0.3, 0.4) is 0 Å². The number of rotatable bonds is 4. The van der Waals surface area contributed by atoms with Crippen LogP contribution in [0.15, 0.2) is 39.9 Å². The van der Waals surface area contributed by atoms with Crippen molar-refractivity contribution in [3.05, 3.63) is 34.9 Å². The summed E-state index contributed by atoms with van der Waals surface area (Å²) in [6.45, 7) is 1.34. The molecule has 74 valence electrons. The van der Waals surface area contributed by atoms with Gasteiger partial charge in [-0.05, 0) is 17.9 Å². The standard InChI is InChI=1S/C10H13N2OP/c1-11-5-9-3-2-4-10(14-7-9)6-12-8-13/h2-4,7,11,14H,5-6H2,1H3. The molecule has 0 aromatic rings. The number of hydrogen-bond acceptors (Lipinski definition) is 3. The van der Waals surface area contributed by atoms with Gasteiger partial charge in [-0.1, -0.05) is 32.6 Å². The molecular weight excluding hydrogens is 195 g/mol. The Balaban J connectivity index is 2.57. The van der Waals surface area contributed by atoms with E-state index in [1.165, 1.54) is 5.57 Å². The summed E-state index contributed by atoms with van der Waals surface area (Å²) in [6.07, 6.45) is 7.63. The van der Waals surface area contributed by atoms with E-state index in [1.54, 1.807) is 6.08 Å². The Bertz CT molecular complexity index is 325. The second kappa shape index (κ2) is 6.44. The molecule has 0 saturated heterocycles. The van der Waals surface area contributed by atoms with Crippen LogP contribution in [0.25, 0.3) is 0 Å². The van der Waals surface area contributed by atoms with Gasteiger partial charge in [0, 0.05) is 6.54 Å². The molecule has 1 rings (SSSR count).